The van der Waals surface area contributed by atoms with Crippen LogP contribution in [0.15, 0.2) is 12.7 Å². The number of nitrogens with zero attached hydrogens (tertiary/aromatic N) is 4. The van der Waals surface area contributed by atoms with Gasteiger partial charge in [0.25, 0.3) is 0 Å². The van der Waals surface area contributed by atoms with Crippen LogP contribution < -0.4 is 10.2 Å². The highest BCUT2D eigenvalue weighted by Gasteiger charge is 2.22. The molecule has 6 heteroatoms. The van der Waals surface area contributed by atoms with Gasteiger partial charge >= 0.3 is 0 Å². The lowest BCUT2D eigenvalue weighted by Crippen LogP contribution is -2.31. The topological polar surface area (TPSA) is 61.4 Å². The summed E-state index contributed by atoms with van der Waals surface area (Å²) in [7, 11) is 3.97. The van der Waals surface area contributed by atoms with E-state index in [0.717, 1.165) is 29.9 Å². The third kappa shape index (κ3) is 3.55. The van der Waals surface area contributed by atoms with Gasteiger partial charge in [0.15, 0.2) is 0 Å². The third-order valence-electron chi connectivity index (χ3n) is 3.65. The summed E-state index contributed by atoms with van der Waals surface area (Å²) in [6, 6.07) is 0.276. The molecule has 0 saturated heterocycles. The number of nitrogens with one attached hydrogen (secondary N) is 1. The number of hydrogen-bond acceptors (Lipinski definition) is 5. The highest BCUT2D eigenvalue weighted by Crippen LogP contribution is 2.25. The first-order valence-corrected chi connectivity index (χ1v) is 7.67. The summed E-state index contributed by atoms with van der Waals surface area (Å²) in [6.45, 7) is 9.05. The minimum atomic E-state index is -0.0207. The molecule has 1 aromatic heterocycles. The van der Waals surface area contributed by atoms with E-state index >= 15 is 0 Å². The Morgan fingerprint density at radius 1 is 1.32 bits per heavy atom. The maximum Gasteiger partial charge on any atom is 0.245 e. The Morgan fingerprint density at radius 2 is 2.00 bits per heavy atom. The maximum absolute atomic E-state index is 11.9. The van der Waals surface area contributed by atoms with E-state index in [9.17, 15) is 4.79 Å². The summed E-state index contributed by atoms with van der Waals surface area (Å²) in [6.07, 6.45) is 2.88. The van der Waals surface area contributed by atoms with E-state index in [0.29, 0.717) is 19.0 Å². The molecule has 0 aliphatic carbocycles. The summed E-state index contributed by atoms with van der Waals surface area (Å²) < 4.78 is 0. The van der Waals surface area contributed by atoms with Gasteiger partial charge in [-0.3, -0.25) is 4.79 Å². The molecule has 1 aromatic rings. The molecule has 2 rings (SSSR count). The Bertz CT molecular complexity index is 568. The lowest BCUT2D eigenvalue weighted by atomic mass is 10.1. The fraction of sp³-hybridized carbons (Fsp3) is 0.562. The number of anilines is 2. The van der Waals surface area contributed by atoms with Gasteiger partial charge in [-0.2, -0.15) is 4.98 Å². The molecule has 22 heavy (non-hydrogen) atoms. The minimum Gasteiger partial charge on any atom is -0.362 e. The van der Waals surface area contributed by atoms with Gasteiger partial charge in [0.05, 0.1) is 5.69 Å². The molecule has 0 unspecified atom stereocenters. The highest BCUT2D eigenvalue weighted by molar-refractivity contribution is 5.87. The van der Waals surface area contributed by atoms with Crippen molar-refractivity contribution in [3.63, 3.8) is 0 Å². The first-order valence-electron chi connectivity index (χ1n) is 7.67. The fourth-order valence-corrected chi connectivity index (χ4v) is 2.62. The number of carbonyl (C=O) groups excluding carboxylic acids is 1. The van der Waals surface area contributed by atoms with Crippen LogP contribution in [-0.2, 0) is 17.6 Å². The van der Waals surface area contributed by atoms with Gasteiger partial charge in [0, 0.05) is 45.2 Å². The average Bonchev–Trinajstić information content (AvgIpc) is 2.67. The molecule has 1 aliphatic heterocycles. The van der Waals surface area contributed by atoms with Gasteiger partial charge in [-0.15, -0.1) is 0 Å². The fourth-order valence-electron chi connectivity index (χ4n) is 2.62. The molecule has 2 heterocycles. The Kier molecular flexibility index (Phi) is 5.00. The van der Waals surface area contributed by atoms with Crippen molar-refractivity contribution in [2.45, 2.75) is 32.7 Å². The Hall–Kier alpha value is -2.11. The number of fused-ring (bicyclic) bond motifs is 1. The van der Waals surface area contributed by atoms with Gasteiger partial charge in [0.1, 0.15) is 5.82 Å². The largest absolute Gasteiger partial charge is 0.362 e. The maximum atomic E-state index is 11.9. The quantitative estimate of drug-likeness (QED) is 0.854. The van der Waals surface area contributed by atoms with E-state index < -0.39 is 0 Å². The number of rotatable bonds is 4. The van der Waals surface area contributed by atoms with Crippen LogP contribution in [0.1, 0.15) is 25.1 Å². The summed E-state index contributed by atoms with van der Waals surface area (Å²) in [5.41, 5.74) is 2.17. The van der Waals surface area contributed by atoms with Crippen LogP contribution in [0, 0.1) is 0 Å². The van der Waals surface area contributed by atoms with E-state index in [1.54, 1.807) is 0 Å². The van der Waals surface area contributed by atoms with Crippen molar-refractivity contribution in [1.82, 2.24) is 14.9 Å². The Morgan fingerprint density at radius 3 is 2.59 bits per heavy atom. The lowest BCUT2D eigenvalue weighted by Gasteiger charge is -2.20. The van der Waals surface area contributed by atoms with Gasteiger partial charge in [-0.05, 0) is 26.3 Å². The van der Waals surface area contributed by atoms with E-state index in [4.69, 9.17) is 0 Å². The third-order valence-corrected chi connectivity index (χ3v) is 3.65. The van der Waals surface area contributed by atoms with Gasteiger partial charge < -0.3 is 15.1 Å². The number of amides is 1. The van der Waals surface area contributed by atoms with E-state index in [1.165, 1.54) is 6.08 Å². The van der Waals surface area contributed by atoms with Crippen LogP contribution in [0.3, 0.4) is 0 Å². The molecule has 1 N–H and O–H groups in total. The van der Waals surface area contributed by atoms with Gasteiger partial charge in [-0.25, -0.2) is 4.98 Å². The van der Waals surface area contributed by atoms with Crippen molar-refractivity contribution < 1.29 is 4.79 Å². The zero-order chi connectivity index (χ0) is 16.3. The number of carbonyl (C=O) groups is 1. The van der Waals surface area contributed by atoms with Crippen LogP contribution in [-0.4, -0.2) is 54.0 Å². The van der Waals surface area contributed by atoms with Crippen LogP contribution in [0.25, 0.3) is 0 Å². The smallest absolute Gasteiger partial charge is 0.245 e. The Balaban J connectivity index is 2.35. The van der Waals surface area contributed by atoms with Crippen molar-refractivity contribution in [3.05, 3.63) is 23.9 Å². The predicted octanol–water partition coefficient (Wildman–Crippen LogP) is 1.48. The van der Waals surface area contributed by atoms with Crippen molar-refractivity contribution in [1.29, 1.82) is 0 Å². The molecule has 0 fully saturated rings. The van der Waals surface area contributed by atoms with Crippen LogP contribution >= 0.6 is 0 Å². The normalized spacial score (nSPS) is 14.3. The van der Waals surface area contributed by atoms with E-state index in [1.807, 2.05) is 23.9 Å². The van der Waals surface area contributed by atoms with Crippen molar-refractivity contribution in [2.24, 2.45) is 0 Å². The molecule has 0 atom stereocenters. The predicted molar refractivity (Wildman–Crippen MR) is 89.3 cm³/mol. The monoisotopic (exact) mass is 303 g/mol. The number of aromatic nitrogens is 2. The van der Waals surface area contributed by atoms with E-state index in [-0.39, 0.29) is 11.9 Å². The highest BCUT2D eigenvalue weighted by atomic mass is 16.2. The second kappa shape index (κ2) is 6.77. The first-order chi connectivity index (χ1) is 10.4. The molecule has 0 radical (unpaired) electrons. The molecular formula is C16H25N5O. The van der Waals surface area contributed by atoms with E-state index in [2.05, 4.69) is 35.7 Å². The van der Waals surface area contributed by atoms with Gasteiger partial charge in [-0.1, -0.05) is 6.58 Å². The molecule has 0 saturated carbocycles. The molecule has 0 bridgehead atoms. The molecule has 1 amide bonds. The van der Waals surface area contributed by atoms with Crippen LogP contribution in [0.4, 0.5) is 11.8 Å². The SMILES string of the molecule is C=CC(=O)N1CCc2nc(NC(C)C)nc(N(C)C)c2CC1. The van der Waals surface area contributed by atoms with Gasteiger partial charge in [0.2, 0.25) is 11.9 Å². The standard InChI is InChI=1S/C16H25N5O/c1-6-14(22)21-9-7-12-13(8-10-21)18-16(17-11(2)3)19-15(12)20(4)5/h6,11H,1,7-10H2,2-5H3,(H,17,18,19). The van der Waals surface area contributed by atoms with Crippen molar-refractivity contribution >= 4 is 17.7 Å². The average molecular weight is 303 g/mol. The summed E-state index contributed by atoms with van der Waals surface area (Å²) in [5.74, 6) is 1.56. The van der Waals surface area contributed by atoms with Crippen LogP contribution in [0.2, 0.25) is 0 Å². The summed E-state index contributed by atoms with van der Waals surface area (Å²) in [5, 5.41) is 3.27. The van der Waals surface area contributed by atoms with Crippen LogP contribution in [0.5, 0.6) is 0 Å². The minimum absolute atomic E-state index is 0.0207. The summed E-state index contributed by atoms with van der Waals surface area (Å²) in [4.78, 5) is 25.0. The zero-order valence-corrected chi connectivity index (χ0v) is 13.9. The lowest BCUT2D eigenvalue weighted by molar-refractivity contribution is -0.125. The van der Waals surface area contributed by atoms with Crippen molar-refractivity contribution in [2.75, 3.05) is 37.4 Å². The summed E-state index contributed by atoms with van der Waals surface area (Å²) >= 11 is 0. The second-order valence-corrected chi connectivity index (χ2v) is 6.02. The molecule has 120 valence electrons. The second-order valence-electron chi connectivity index (χ2n) is 6.02. The van der Waals surface area contributed by atoms with Crippen molar-refractivity contribution in [3.8, 4) is 0 Å². The Labute approximate surface area is 132 Å². The molecule has 0 spiro atoms. The molecule has 1 aliphatic rings. The number of hydrogen-bond donors (Lipinski definition) is 1. The molecule has 0 aromatic carbocycles. The molecular weight excluding hydrogens is 278 g/mol. The zero-order valence-electron chi connectivity index (χ0n) is 13.9. The first kappa shape index (κ1) is 16.3. The molecule has 6 nitrogen and oxygen atoms in total.